The molecular weight excluding hydrogens is 302 g/mol. The first-order valence-electron chi connectivity index (χ1n) is 7.25. The molecule has 1 atom stereocenters. The second-order valence-electron chi connectivity index (χ2n) is 5.46. The van der Waals surface area contributed by atoms with Crippen LogP contribution in [0.3, 0.4) is 0 Å². The van der Waals surface area contributed by atoms with Crippen molar-refractivity contribution in [3.05, 3.63) is 27.5 Å². The zero-order valence-electron chi connectivity index (χ0n) is 12.0. The van der Waals surface area contributed by atoms with Crippen LogP contribution >= 0.6 is 15.9 Å². The van der Waals surface area contributed by atoms with Gasteiger partial charge in [-0.05, 0) is 54.5 Å². The molecule has 2 rings (SSSR count). The van der Waals surface area contributed by atoms with Crippen molar-refractivity contribution in [2.24, 2.45) is 12.8 Å². The van der Waals surface area contributed by atoms with E-state index in [0.29, 0.717) is 0 Å². The fraction of sp³-hybridized carbons (Fsp3) is 0.667. The Morgan fingerprint density at radius 3 is 2.79 bits per heavy atom. The first kappa shape index (κ1) is 14.8. The Balaban J connectivity index is 2.00. The molecule has 0 amide bonds. The van der Waals surface area contributed by atoms with Gasteiger partial charge in [0, 0.05) is 19.5 Å². The second kappa shape index (κ2) is 6.71. The maximum atomic E-state index is 6.32. The van der Waals surface area contributed by atoms with Crippen molar-refractivity contribution in [2.75, 3.05) is 0 Å². The van der Waals surface area contributed by atoms with E-state index in [4.69, 9.17) is 5.73 Å². The summed E-state index contributed by atoms with van der Waals surface area (Å²) in [4.78, 5) is 0. The minimum absolute atomic E-state index is 0.195. The van der Waals surface area contributed by atoms with Gasteiger partial charge in [-0.25, -0.2) is 0 Å². The molecule has 0 saturated carbocycles. The zero-order valence-corrected chi connectivity index (χ0v) is 13.5. The van der Waals surface area contributed by atoms with Gasteiger partial charge in [-0.1, -0.05) is 18.6 Å². The third-order valence-electron chi connectivity index (χ3n) is 3.87. The molecular formula is C15H24BrN3. The minimum atomic E-state index is 0.195. The van der Waals surface area contributed by atoms with Crippen molar-refractivity contribution in [2.45, 2.75) is 57.9 Å². The van der Waals surface area contributed by atoms with Gasteiger partial charge < -0.3 is 5.73 Å². The summed E-state index contributed by atoms with van der Waals surface area (Å²) in [5.74, 6) is 0. The molecule has 1 aromatic heterocycles. The molecule has 0 radical (unpaired) electrons. The molecule has 0 aromatic carbocycles. The van der Waals surface area contributed by atoms with Crippen LogP contribution in [0.2, 0.25) is 0 Å². The molecule has 0 spiro atoms. The van der Waals surface area contributed by atoms with Crippen LogP contribution in [0.25, 0.3) is 0 Å². The van der Waals surface area contributed by atoms with Crippen LogP contribution < -0.4 is 5.73 Å². The highest BCUT2D eigenvalue weighted by Crippen LogP contribution is 2.25. The lowest BCUT2D eigenvalue weighted by Crippen LogP contribution is -2.25. The maximum Gasteiger partial charge on any atom is 0.0766 e. The number of halogens is 1. The van der Waals surface area contributed by atoms with Crippen LogP contribution in [0, 0.1) is 0 Å². The Bertz CT molecular complexity index is 462. The Morgan fingerprint density at radius 1 is 1.42 bits per heavy atom. The van der Waals surface area contributed by atoms with E-state index in [1.54, 1.807) is 5.57 Å². The van der Waals surface area contributed by atoms with Gasteiger partial charge in [0.2, 0.25) is 0 Å². The fourth-order valence-corrected chi connectivity index (χ4v) is 3.57. The summed E-state index contributed by atoms with van der Waals surface area (Å²) >= 11 is 3.66. The monoisotopic (exact) mass is 325 g/mol. The number of nitrogens with two attached hydrogens (primary N) is 1. The molecule has 1 unspecified atom stereocenters. The van der Waals surface area contributed by atoms with Crippen LogP contribution in [0.4, 0.5) is 0 Å². The molecule has 2 N–H and O–H groups in total. The van der Waals surface area contributed by atoms with E-state index in [2.05, 4.69) is 34.0 Å². The average Bonchev–Trinajstić information content (AvgIpc) is 2.67. The summed E-state index contributed by atoms with van der Waals surface area (Å²) in [5, 5.41) is 4.53. The number of hydrogen-bond acceptors (Lipinski definition) is 2. The largest absolute Gasteiger partial charge is 0.327 e. The molecule has 4 heteroatoms. The summed E-state index contributed by atoms with van der Waals surface area (Å²) in [6, 6.07) is 0.195. The van der Waals surface area contributed by atoms with E-state index in [0.717, 1.165) is 29.4 Å². The van der Waals surface area contributed by atoms with Gasteiger partial charge >= 0.3 is 0 Å². The standard InChI is InChI=1S/C15H24BrN3/c1-3-13-15(16)14(19(2)18-13)10-12(17)9-11-7-5-4-6-8-11/h7,12H,3-6,8-10,17H2,1-2H3. The molecule has 1 aliphatic carbocycles. The summed E-state index contributed by atoms with van der Waals surface area (Å²) in [5.41, 5.74) is 10.2. The predicted octanol–water partition coefficient (Wildman–Crippen LogP) is 3.51. The molecule has 19 heavy (non-hydrogen) atoms. The predicted molar refractivity (Wildman–Crippen MR) is 83.1 cm³/mol. The summed E-state index contributed by atoms with van der Waals surface area (Å²) in [7, 11) is 2.01. The van der Waals surface area contributed by atoms with Gasteiger partial charge in [0.1, 0.15) is 0 Å². The first-order valence-corrected chi connectivity index (χ1v) is 8.04. The van der Waals surface area contributed by atoms with Crippen molar-refractivity contribution < 1.29 is 0 Å². The van der Waals surface area contributed by atoms with Crippen LogP contribution in [-0.2, 0) is 19.9 Å². The van der Waals surface area contributed by atoms with Crippen LogP contribution in [0.15, 0.2) is 16.1 Å². The fourth-order valence-electron chi connectivity index (χ4n) is 2.79. The smallest absolute Gasteiger partial charge is 0.0766 e. The SMILES string of the molecule is CCc1nn(C)c(CC(N)CC2=CCCCC2)c1Br. The Kier molecular flexibility index (Phi) is 5.22. The lowest BCUT2D eigenvalue weighted by Gasteiger charge is -2.17. The zero-order chi connectivity index (χ0) is 13.8. The number of hydrogen-bond donors (Lipinski definition) is 1. The van der Waals surface area contributed by atoms with Crippen molar-refractivity contribution in [3.63, 3.8) is 0 Å². The molecule has 0 bridgehead atoms. The van der Waals surface area contributed by atoms with E-state index >= 15 is 0 Å². The highest BCUT2D eigenvalue weighted by molar-refractivity contribution is 9.10. The molecule has 1 heterocycles. The van der Waals surface area contributed by atoms with Gasteiger partial charge in [-0.3, -0.25) is 4.68 Å². The summed E-state index contributed by atoms with van der Waals surface area (Å²) in [6.07, 6.45) is 10.4. The van der Waals surface area contributed by atoms with E-state index in [1.165, 1.54) is 31.4 Å². The quantitative estimate of drug-likeness (QED) is 0.842. The molecule has 1 aromatic rings. The Hall–Kier alpha value is -0.610. The molecule has 1 aliphatic rings. The van der Waals surface area contributed by atoms with E-state index < -0.39 is 0 Å². The van der Waals surface area contributed by atoms with Gasteiger partial charge in [0.25, 0.3) is 0 Å². The topological polar surface area (TPSA) is 43.8 Å². The molecule has 0 aliphatic heterocycles. The van der Waals surface area contributed by atoms with Crippen molar-refractivity contribution in [3.8, 4) is 0 Å². The molecule has 3 nitrogen and oxygen atoms in total. The normalized spacial score (nSPS) is 17.4. The van der Waals surface area contributed by atoms with Crippen LogP contribution in [0.1, 0.15) is 50.4 Å². The van der Waals surface area contributed by atoms with Crippen LogP contribution in [-0.4, -0.2) is 15.8 Å². The number of rotatable bonds is 5. The third-order valence-corrected chi connectivity index (χ3v) is 4.78. The Morgan fingerprint density at radius 2 is 2.21 bits per heavy atom. The van der Waals surface area contributed by atoms with E-state index in [-0.39, 0.29) is 6.04 Å². The van der Waals surface area contributed by atoms with Crippen LogP contribution in [0.5, 0.6) is 0 Å². The van der Waals surface area contributed by atoms with Crippen molar-refractivity contribution >= 4 is 15.9 Å². The van der Waals surface area contributed by atoms with E-state index in [1.807, 2.05) is 11.7 Å². The number of aromatic nitrogens is 2. The van der Waals surface area contributed by atoms with Gasteiger partial charge in [0.05, 0.1) is 15.9 Å². The average molecular weight is 326 g/mol. The minimum Gasteiger partial charge on any atom is -0.327 e. The second-order valence-corrected chi connectivity index (χ2v) is 6.25. The third kappa shape index (κ3) is 3.69. The maximum absolute atomic E-state index is 6.32. The highest BCUT2D eigenvalue weighted by atomic mass is 79.9. The van der Waals surface area contributed by atoms with Crippen molar-refractivity contribution in [1.82, 2.24) is 9.78 Å². The molecule has 0 fully saturated rings. The lowest BCUT2D eigenvalue weighted by molar-refractivity contribution is 0.580. The number of allylic oxidation sites excluding steroid dienone is 1. The molecule has 0 saturated heterocycles. The summed E-state index contributed by atoms with van der Waals surface area (Å²) < 4.78 is 3.11. The highest BCUT2D eigenvalue weighted by Gasteiger charge is 2.16. The number of aryl methyl sites for hydroxylation is 2. The Labute approximate surface area is 124 Å². The molecule has 106 valence electrons. The first-order chi connectivity index (χ1) is 9.11. The summed E-state index contributed by atoms with van der Waals surface area (Å²) in [6.45, 7) is 2.13. The van der Waals surface area contributed by atoms with Crippen molar-refractivity contribution in [1.29, 1.82) is 0 Å². The van der Waals surface area contributed by atoms with Gasteiger partial charge in [-0.2, -0.15) is 5.10 Å². The van der Waals surface area contributed by atoms with E-state index in [9.17, 15) is 0 Å². The van der Waals surface area contributed by atoms with Gasteiger partial charge in [-0.15, -0.1) is 0 Å². The van der Waals surface area contributed by atoms with Gasteiger partial charge in [0.15, 0.2) is 0 Å². The number of nitrogens with zero attached hydrogens (tertiary/aromatic N) is 2. The lowest BCUT2D eigenvalue weighted by atomic mass is 9.93.